The molecule has 1 aliphatic rings. The number of carbonyl (C=O) groups excluding carboxylic acids is 1. The van der Waals surface area contributed by atoms with E-state index >= 15 is 0 Å². The summed E-state index contributed by atoms with van der Waals surface area (Å²) in [5, 5.41) is 14.1. The van der Waals surface area contributed by atoms with Crippen LogP contribution in [0.15, 0.2) is 18.3 Å². The van der Waals surface area contributed by atoms with Gasteiger partial charge < -0.3 is 15.0 Å². The molecule has 1 saturated heterocycles. The van der Waals surface area contributed by atoms with Crippen LogP contribution in [-0.2, 0) is 4.74 Å². The van der Waals surface area contributed by atoms with Gasteiger partial charge in [0.15, 0.2) is 0 Å². The second-order valence-corrected chi connectivity index (χ2v) is 6.83. The molecule has 1 aromatic heterocycles. The summed E-state index contributed by atoms with van der Waals surface area (Å²) < 4.78 is 5.46. The lowest BCUT2D eigenvalue weighted by atomic mass is 10.0. The van der Waals surface area contributed by atoms with Crippen LogP contribution in [0, 0.1) is 10.1 Å². The van der Waals surface area contributed by atoms with Gasteiger partial charge >= 0.3 is 11.8 Å². The maximum atomic E-state index is 12.4. The fraction of sp³-hybridized carbons (Fsp3) is 0.625. The number of rotatable bonds is 4. The first-order valence-corrected chi connectivity index (χ1v) is 8.11. The summed E-state index contributed by atoms with van der Waals surface area (Å²) in [6.45, 7) is 6.53. The first-order chi connectivity index (χ1) is 11.3. The van der Waals surface area contributed by atoms with Crippen LogP contribution >= 0.6 is 0 Å². The zero-order valence-corrected chi connectivity index (χ0v) is 14.3. The highest BCUT2D eigenvalue weighted by Gasteiger charge is 2.30. The summed E-state index contributed by atoms with van der Waals surface area (Å²) in [4.78, 5) is 28.7. The summed E-state index contributed by atoms with van der Waals surface area (Å²) >= 11 is 0. The number of pyridine rings is 1. The Hall–Kier alpha value is -2.38. The van der Waals surface area contributed by atoms with Gasteiger partial charge in [-0.05, 0) is 46.1 Å². The lowest BCUT2D eigenvalue weighted by Gasteiger charge is -2.36. The maximum Gasteiger partial charge on any atom is 0.410 e. The quantitative estimate of drug-likeness (QED) is 0.670. The van der Waals surface area contributed by atoms with Crippen molar-refractivity contribution in [1.29, 1.82) is 0 Å². The van der Waals surface area contributed by atoms with Gasteiger partial charge in [0.1, 0.15) is 5.60 Å². The molecule has 1 aromatic rings. The summed E-state index contributed by atoms with van der Waals surface area (Å²) in [6, 6.07) is 2.86. The van der Waals surface area contributed by atoms with Gasteiger partial charge in [0, 0.05) is 25.4 Å². The molecule has 2 heterocycles. The van der Waals surface area contributed by atoms with E-state index in [1.54, 1.807) is 4.90 Å². The van der Waals surface area contributed by atoms with E-state index < -0.39 is 10.5 Å². The lowest BCUT2D eigenvalue weighted by Crippen LogP contribution is -2.49. The third kappa shape index (κ3) is 4.81. The van der Waals surface area contributed by atoms with Crippen molar-refractivity contribution in [3.8, 4) is 0 Å². The number of ether oxygens (including phenoxy) is 1. The van der Waals surface area contributed by atoms with Crippen LogP contribution < -0.4 is 5.32 Å². The van der Waals surface area contributed by atoms with Crippen molar-refractivity contribution < 1.29 is 14.5 Å². The van der Waals surface area contributed by atoms with Crippen molar-refractivity contribution in [1.82, 2.24) is 9.88 Å². The van der Waals surface area contributed by atoms with Gasteiger partial charge in [0.05, 0.1) is 11.0 Å². The Morgan fingerprint density at radius 3 is 2.92 bits per heavy atom. The average Bonchev–Trinajstić information content (AvgIpc) is 2.51. The molecule has 2 rings (SSSR count). The number of amides is 1. The number of likely N-dealkylation sites (tertiary alicyclic amines) is 1. The van der Waals surface area contributed by atoms with E-state index in [2.05, 4.69) is 10.3 Å². The first-order valence-electron chi connectivity index (χ1n) is 8.11. The molecule has 1 atom stereocenters. The van der Waals surface area contributed by atoms with Gasteiger partial charge in [-0.25, -0.2) is 9.78 Å². The summed E-state index contributed by atoms with van der Waals surface area (Å²) in [5.41, 5.74) is -0.621. The van der Waals surface area contributed by atoms with Gasteiger partial charge in [-0.2, -0.15) is 0 Å². The Kier molecular flexibility index (Phi) is 5.58. The molecule has 24 heavy (non-hydrogen) atoms. The van der Waals surface area contributed by atoms with Crippen LogP contribution in [0.5, 0.6) is 0 Å². The third-order valence-corrected chi connectivity index (χ3v) is 3.74. The Labute approximate surface area is 141 Å². The van der Waals surface area contributed by atoms with E-state index in [0.29, 0.717) is 13.1 Å². The van der Waals surface area contributed by atoms with Crippen molar-refractivity contribution in [2.45, 2.75) is 51.7 Å². The molecule has 0 spiro atoms. The smallest absolute Gasteiger partial charge is 0.410 e. The van der Waals surface area contributed by atoms with Crippen molar-refractivity contribution in [2.75, 3.05) is 18.4 Å². The second kappa shape index (κ2) is 7.46. The molecule has 0 aliphatic carbocycles. The van der Waals surface area contributed by atoms with Crippen LogP contribution in [-0.4, -0.2) is 45.6 Å². The molecule has 0 aromatic carbocycles. The van der Waals surface area contributed by atoms with Crippen LogP contribution in [0.1, 0.15) is 40.0 Å². The monoisotopic (exact) mass is 336 g/mol. The number of piperidine rings is 1. The molecule has 1 aliphatic heterocycles. The van der Waals surface area contributed by atoms with Gasteiger partial charge in [-0.3, -0.25) is 10.1 Å². The number of nitrogens with zero attached hydrogens (tertiary/aromatic N) is 3. The second-order valence-electron chi connectivity index (χ2n) is 6.83. The van der Waals surface area contributed by atoms with Crippen LogP contribution in [0.25, 0.3) is 0 Å². The Balaban J connectivity index is 2.04. The van der Waals surface area contributed by atoms with Crippen molar-refractivity contribution in [2.24, 2.45) is 0 Å². The molecule has 8 nitrogen and oxygen atoms in total. The minimum atomic E-state index is -0.549. The summed E-state index contributed by atoms with van der Waals surface area (Å²) in [6.07, 6.45) is 3.92. The van der Waals surface area contributed by atoms with Crippen molar-refractivity contribution in [3.63, 3.8) is 0 Å². The van der Waals surface area contributed by atoms with E-state index in [9.17, 15) is 14.9 Å². The Bertz CT molecular complexity index is 600. The third-order valence-electron chi connectivity index (χ3n) is 3.74. The van der Waals surface area contributed by atoms with E-state index in [0.717, 1.165) is 19.3 Å². The van der Waals surface area contributed by atoms with Crippen molar-refractivity contribution >= 4 is 17.6 Å². The number of nitro groups is 1. The molecule has 0 radical (unpaired) electrons. The minimum Gasteiger partial charge on any atom is -0.444 e. The molecule has 0 saturated carbocycles. The normalized spacial score (nSPS) is 18.1. The molecule has 1 fully saturated rings. The highest BCUT2D eigenvalue weighted by molar-refractivity contribution is 5.69. The Morgan fingerprint density at radius 1 is 1.50 bits per heavy atom. The van der Waals surface area contributed by atoms with Gasteiger partial charge in [0.2, 0.25) is 5.82 Å². The van der Waals surface area contributed by atoms with Gasteiger partial charge in [-0.15, -0.1) is 0 Å². The lowest BCUT2D eigenvalue weighted by molar-refractivity contribution is -0.384. The molecule has 8 heteroatoms. The molecule has 132 valence electrons. The SMILES string of the molecule is CC(C)(C)OC(=O)N1CCCC[C@@H]1CNc1ncccc1[N+](=O)[O-]. The predicted octanol–water partition coefficient (Wildman–Crippen LogP) is 3.19. The van der Waals surface area contributed by atoms with Crippen LogP contribution in [0.2, 0.25) is 0 Å². The number of hydrogen-bond acceptors (Lipinski definition) is 6. The molecule has 1 amide bonds. The molecular weight excluding hydrogens is 312 g/mol. The van der Waals surface area contributed by atoms with Crippen LogP contribution in [0.3, 0.4) is 0 Å². The molecular formula is C16H24N4O4. The van der Waals surface area contributed by atoms with Gasteiger partial charge in [0.25, 0.3) is 0 Å². The molecule has 0 bridgehead atoms. The molecule has 1 N–H and O–H groups in total. The summed E-state index contributed by atoms with van der Waals surface area (Å²) in [7, 11) is 0. The molecule has 0 unspecified atom stereocenters. The average molecular weight is 336 g/mol. The van der Waals surface area contributed by atoms with E-state index in [1.165, 1.54) is 18.3 Å². The number of aromatic nitrogens is 1. The number of anilines is 1. The predicted molar refractivity (Wildman–Crippen MR) is 90.0 cm³/mol. The van der Waals surface area contributed by atoms with E-state index in [-0.39, 0.29) is 23.6 Å². The minimum absolute atomic E-state index is 0.0721. The highest BCUT2D eigenvalue weighted by atomic mass is 16.6. The number of nitrogens with one attached hydrogen (secondary N) is 1. The van der Waals surface area contributed by atoms with E-state index in [4.69, 9.17) is 4.74 Å². The fourth-order valence-corrected chi connectivity index (χ4v) is 2.67. The topological polar surface area (TPSA) is 97.6 Å². The summed E-state index contributed by atoms with van der Waals surface area (Å²) in [5.74, 6) is 0.220. The van der Waals surface area contributed by atoms with Crippen molar-refractivity contribution in [3.05, 3.63) is 28.4 Å². The number of hydrogen-bond donors (Lipinski definition) is 1. The maximum absolute atomic E-state index is 12.4. The highest BCUT2D eigenvalue weighted by Crippen LogP contribution is 2.23. The Morgan fingerprint density at radius 2 is 2.25 bits per heavy atom. The standard InChI is InChI=1S/C16H24N4O4/c1-16(2,3)24-15(21)19-10-5-4-7-12(19)11-18-14-13(20(22)23)8-6-9-17-14/h6,8-9,12H,4-5,7,10-11H2,1-3H3,(H,17,18)/t12-/m1/s1. The fourth-order valence-electron chi connectivity index (χ4n) is 2.67. The first kappa shape index (κ1) is 18.0. The zero-order chi connectivity index (χ0) is 17.7. The zero-order valence-electron chi connectivity index (χ0n) is 14.3. The largest absolute Gasteiger partial charge is 0.444 e. The van der Waals surface area contributed by atoms with E-state index in [1.807, 2.05) is 20.8 Å². The van der Waals surface area contributed by atoms with Crippen LogP contribution in [0.4, 0.5) is 16.3 Å². The number of carbonyl (C=O) groups is 1. The van der Waals surface area contributed by atoms with Gasteiger partial charge in [-0.1, -0.05) is 0 Å².